The summed E-state index contributed by atoms with van der Waals surface area (Å²) in [4.78, 5) is 35.3. The maximum absolute atomic E-state index is 12.0. The molecule has 0 aromatic heterocycles. The molecule has 9 heteroatoms. The Bertz CT molecular complexity index is 750. The van der Waals surface area contributed by atoms with Gasteiger partial charge in [-0.25, -0.2) is 0 Å². The Balaban J connectivity index is 1.36. The highest BCUT2D eigenvalue weighted by Gasteiger charge is 2.57. The van der Waals surface area contributed by atoms with Gasteiger partial charge in [0.1, 0.15) is 13.2 Å². The van der Waals surface area contributed by atoms with Gasteiger partial charge in [0.2, 0.25) is 5.91 Å². The Morgan fingerprint density at radius 1 is 1.06 bits per heavy atom. The molecule has 3 unspecified atom stereocenters. The minimum atomic E-state index is -0.767. The molecule has 2 aliphatic carbocycles. The average Bonchev–Trinajstić information content (AvgIpc) is 3.74. The lowest BCUT2D eigenvalue weighted by Gasteiger charge is -2.08. The van der Waals surface area contributed by atoms with Crippen LogP contribution in [0.2, 0.25) is 0 Å². The number of hydrogen-bond donors (Lipinski definition) is 2. The number of allylic oxidation sites excluding steroid dienone is 2. The van der Waals surface area contributed by atoms with Gasteiger partial charge in [-0.3, -0.25) is 14.4 Å². The number of carbonyl (C=O) groups excluding carboxylic acids is 2. The molecule has 0 aromatic rings. The van der Waals surface area contributed by atoms with Gasteiger partial charge < -0.3 is 29.4 Å². The van der Waals surface area contributed by atoms with Crippen LogP contribution in [0.4, 0.5) is 0 Å². The second kappa shape index (κ2) is 15.8. The molecule has 9 nitrogen and oxygen atoms in total. The Morgan fingerprint density at radius 3 is 2.43 bits per heavy atom. The average molecular weight is 496 g/mol. The van der Waals surface area contributed by atoms with Gasteiger partial charge in [-0.15, -0.1) is 0 Å². The van der Waals surface area contributed by atoms with Gasteiger partial charge in [-0.05, 0) is 44.9 Å². The lowest BCUT2D eigenvalue weighted by Crippen LogP contribution is -2.29. The van der Waals surface area contributed by atoms with E-state index < -0.39 is 11.4 Å². The number of nitrogens with one attached hydrogen (secondary N) is 1. The molecule has 0 aliphatic heterocycles. The fourth-order valence-corrected chi connectivity index (χ4v) is 4.08. The number of carboxylic acid groups (broad SMARTS) is 1. The van der Waals surface area contributed by atoms with Crippen LogP contribution in [0.3, 0.4) is 0 Å². The first kappa shape index (κ1) is 29.2. The minimum Gasteiger partial charge on any atom is -0.481 e. The van der Waals surface area contributed by atoms with Crippen LogP contribution < -0.4 is 5.32 Å². The minimum absolute atomic E-state index is 0.0321. The molecule has 0 radical (unpaired) electrons. The van der Waals surface area contributed by atoms with Crippen molar-refractivity contribution in [1.29, 1.82) is 0 Å². The summed E-state index contributed by atoms with van der Waals surface area (Å²) < 4.78 is 21.5. The lowest BCUT2D eigenvalue weighted by molar-refractivity contribution is -0.142. The summed E-state index contributed by atoms with van der Waals surface area (Å²) in [5.74, 6) is -0.858. The highest BCUT2D eigenvalue weighted by molar-refractivity contribution is 5.90. The summed E-state index contributed by atoms with van der Waals surface area (Å²) in [5, 5.41) is 12.2. The summed E-state index contributed by atoms with van der Waals surface area (Å²) in [6.07, 6.45) is 9.36. The van der Waals surface area contributed by atoms with E-state index in [1.807, 2.05) is 19.9 Å². The number of ether oxygens (including phenoxy) is 4. The molecule has 1 fully saturated rings. The predicted octanol–water partition coefficient (Wildman–Crippen LogP) is 2.54. The summed E-state index contributed by atoms with van der Waals surface area (Å²) in [6, 6.07) is 0. The largest absolute Gasteiger partial charge is 0.481 e. The summed E-state index contributed by atoms with van der Waals surface area (Å²) in [5.41, 5.74) is 0.380. The number of amides is 1. The van der Waals surface area contributed by atoms with Crippen LogP contribution >= 0.6 is 0 Å². The smallest absolute Gasteiger partial charge is 0.313 e. The first-order valence-corrected chi connectivity index (χ1v) is 12.6. The third-order valence-electron chi connectivity index (χ3n) is 6.19. The van der Waals surface area contributed by atoms with Crippen LogP contribution in [0.25, 0.3) is 0 Å². The number of hydrogen-bond acceptors (Lipinski definition) is 7. The summed E-state index contributed by atoms with van der Waals surface area (Å²) in [7, 11) is 0. The maximum Gasteiger partial charge on any atom is 0.313 e. The normalized spacial score (nSPS) is 22.7. The van der Waals surface area contributed by atoms with Gasteiger partial charge in [0.05, 0.1) is 44.4 Å². The molecule has 0 bridgehead atoms. The number of rotatable bonds is 22. The van der Waals surface area contributed by atoms with Crippen LogP contribution in [0.5, 0.6) is 0 Å². The van der Waals surface area contributed by atoms with E-state index in [9.17, 15) is 19.5 Å². The van der Waals surface area contributed by atoms with E-state index in [1.54, 1.807) is 12.2 Å². The SMILES string of the molecule is C/C=C/C1(C(=O)O)CC1CCCNC(=O)COCCOCCC1=CC1C(=O)COCCOCCC. The van der Waals surface area contributed by atoms with Gasteiger partial charge >= 0.3 is 5.97 Å². The number of carbonyl (C=O) groups is 3. The van der Waals surface area contributed by atoms with E-state index in [4.69, 9.17) is 18.9 Å². The van der Waals surface area contributed by atoms with Crippen molar-refractivity contribution in [1.82, 2.24) is 5.32 Å². The van der Waals surface area contributed by atoms with Crippen LogP contribution in [0.15, 0.2) is 23.8 Å². The number of carboxylic acids is 1. The van der Waals surface area contributed by atoms with E-state index in [1.165, 1.54) is 0 Å². The number of Topliss-reactive ketones (excluding diaryl/α,β-unsaturated/α-hetero) is 1. The Labute approximate surface area is 208 Å². The highest BCUT2D eigenvalue weighted by Crippen LogP contribution is 2.56. The molecule has 0 aromatic carbocycles. The zero-order chi connectivity index (χ0) is 25.5. The van der Waals surface area contributed by atoms with Gasteiger partial charge in [-0.1, -0.05) is 30.7 Å². The molecule has 1 saturated carbocycles. The molecule has 2 rings (SSSR count). The Hall–Kier alpha value is -2.07. The van der Waals surface area contributed by atoms with Crippen molar-refractivity contribution in [2.24, 2.45) is 17.3 Å². The molecule has 1 amide bonds. The van der Waals surface area contributed by atoms with Gasteiger partial charge in [-0.2, -0.15) is 0 Å². The van der Waals surface area contributed by atoms with E-state index in [0.29, 0.717) is 59.0 Å². The quantitative estimate of drug-likeness (QED) is 0.174. The van der Waals surface area contributed by atoms with Crippen LogP contribution in [-0.2, 0) is 33.3 Å². The van der Waals surface area contributed by atoms with Crippen LogP contribution in [0.1, 0.15) is 46.0 Å². The molecule has 2 aliphatic rings. The van der Waals surface area contributed by atoms with E-state index in [2.05, 4.69) is 5.32 Å². The third-order valence-corrected chi connectivity index (χ3v) is 6.19. The van der Waals surface area contributed by atoms with Crippen molar-refractivity contribution in [3.05, 3.63) is 23.8 Å². The van der Waals surface area contributed by atoms with Crippen LogP contribution in [0, 0.1) is 17.3 Å². The lowest BCUT2D eigenvalue weighted by atomic mass is 10.0. The highest BCUT2D eigenvalue weighted by atomic mass is 16.5. The molecular weight excluding hydrogens is 454 g/mol. The molecule has 198 valence electrons. The van der Waals surface area contributed by atoms with Gasteiger partial charge in [0.25, 0.3) is 0 Å². The Morgan fingerprint density at radius 2 is 1.74 bits per heavy atom. The fourth-order valence-electron chi connectivity index (χ4n) is 4.08. The molecule has 0 heterocycles. The zero-order valence-corrected chi connectivity index (χ0v) is 21.1. The number of ketones is 1. The molecule has 0 spiro atoms. The van der Waals surface area contributed by atoms with Crippen molar-refractivity contribution >= 4 is 17.7 Å². The van der Waals surface area contributed by atoms with E-state index in [0.717, 1.165) is 24.8 Å². The molecule has 3 atom stereocenters. The summed E-state index contributed by atoms with van der Waals surface area (Å²) >= 11 is 0. The number of aliphatic carboxylic acids is 1. The zero-order valence-electron chi connectivity index (χ0n) is 21.1. The topological polar surface area (TPSA) is 120 Å². The second-order valence-corrected chi connectivity index (χ2v) is 9.00. The fraction of sp³-hybridized carbons (Fsp3) is 0.731. The van der Waals surface area contributed by atoms with Crippen molar-refractivity contribution in [3.63, 3.8) is 0 Å². The van der Waals surface area contributed by atoms with Crippen molar-refractivity contribution in [2.45, 2.75) is 46.0 Å². The maximum atomic E-state index is 12.0. The van der Waals surface area contributed by atoms with E-state index >= 15 is 0 Å². The van der Waals surface area contributed by atoms with Crippen molar-refractivity contribution in [2.75, 3.05) is 59.4 Å². The standard InChI is InChI=1S/C26H41NO8/c1-3-8-26(25(30)31)17-21(26)6-5-9-27-24(29)19-35-15-13-33-11-7-20-16-22(20)23(28)18-34-14-12-32-10-4-2/h3,8,16,21-22H,4-7,9-15,17-19H2,1-2H3,(H,27,29)(H,30,31)/b8-3+. The first-order valence-electron chi connectivity index (χ1n) is 12.6. The summed E-state index contributed by atoms with van der Waals surface area (Å²) in [6.45, 7) is 7.30. The molecule has 2 N–H and O–H groups in total. The molecule has 35 heavy (non-hydrogen) atoms. The first-order chi connectivity index (χ1) is 16.9. The third kappa shape index (κ3) is 10.6. The van der Waals surface area contributed by atoms with Gasteiger partial charge in [0.15, 0.2) is 5.78 Å². The van der Waals surface area contributed by atoms with Crippen molar-refractivity contribution in [3.8, 4) is 0 Å². The molecule has 0 saturated heterocycles. The van der Waals surface area contributed by atoms with Crippen molar-refractivity contribution < 1.29 is 38.4 Å². The molecular formula is C26H41NO8. The van der Waals surface area contributed by atoms with Gasteiger partial charge in [0, 0.05) is 13.2 Å². The predicted molar refractivity (Wildman–Crippen MR) is 130 cm³/mol. The van der Waals surface area contributed by atoms with Crippen LogP contribution in [-0.4, -0.2) is 82.2 Å². The monoisotopic (exact) mass is 495 g/mol. The second-order valence-electron chi connectivity index (χ2n) is 9.00. The Kier molecular flexibility index (Phi) is 13.2. The van der Waals surface area contributed by atoms with E-state index in [-0.39, 0.29) is 36.7 Å².